The smallest absolute Gasteiger partial charge is 0.0600 e. The Bertz CT molecular complexity index is 397. The monoisotopic (exact) mass is 232 g/mol. The minimum Gasteiger partial charge on any atom is -0.306 e. The zero-order valence-corrected chi connectivity index (χ0v) is 10.2. The van der Waals surface area contributed by atoms with Crippen molar-refractivity contribution < 1.29 is 0 Å². The van der Waals surface area contributed by atoms with E-state index in [-0.39, 0.29) is 6.04 Å². The van der Waals surface area contributed by atoms with Crippen molar-refractivity contribution in [2.24, 2.45) is 0 Å². The molecule has 0 bridgehead atoms. The Morgan fingerprint density at radius 3 is 2.94 bits per heavy atom. The molecule has 0 aliphatic carbocycles. The quantitative estimate of drug-likeness (QED) is 0.856. The van der Waals surface area contributed by atoms with Crippen molar-refractivity contribution in [3.8, 4) is 0 Å². The number of nitrogens with zero attached hydrogens (tertiary/aromatic N) is 1. The molecule has 2 rings (SSSR count). The maximum atomic E-state index is 4.19. The molecular weight excluding hydrogens is 216 g/mol. The summed E-state index contributed by atoms with van der Waals surface area (Å²) in [5, 5.41) is 7.87. The first kappa shape index (κ1) is 11.3. The van der Waals surface area contributed by atoms with Gasteiger partial charge in [-0.2, -0.15) is 11.3 Å². The molecule has 2 nitrogen and oxygen atoms in total. The average molecular weight is 232 g/mol. The van der Waals surface area contributed by atoms with Crippen molar-refractivity contribution >= 4 is 11.3 Å². The van der Waals surface area contributed by atoms with Gasteiger partial charge >= 0.3 is 0 Å². The Hall–Kier alpha value is -1.19. The highest BCUT2D eigenvalue weighted by Crippen LogP contribution is 2.23. The van der Waals surface area contributed by atoms with Crippen molar-refractivity contribution in [1.82, 2.24) is 10.3 Å². The first-order valence-electron chi connectivity index (χ1n) is 5.57. The first-order valence-corrected chi connectivity index (χ1v) is 6.51. The lowest BCUT2D eigenvalue weighted by molar-refractivity contribution is 0.598. The van der Waals surface area contributed by atoms with Crippen molar-refractivity contribution in [1.29, 1.82) is 0 Å². The van der Waals surface area contributed by atoms with Gasteiger partial charge in [-0.25, -0.2) is 0 Å². The molecule has 0 fully saturated rings. The highest BCUT2D eigenvalue weighted by atomic mass is 32.1. The predicted octanol–water partition coefficient (Wildman–Crippen LogP) is 3.23. The lowest BCUT2D eigenvalue weighted by atomic mass is 10.0. The lowest BCUT2D eigenvalue weighted by Crippen LogP contribution is -2.22. The summed E-state index contributed by atoms with van der Waals surface area (Å²) in [4.78, 5) is 4.19. The number of hydrogen-bond acceptors (Lipinski definition) is 3. The Labute approximate surface area is 100 Å². The normalized spacial score (nSPS) is 12.6. The van der Waals surface area contributed by atoms with Gasteiger partial charge in [0.2, 0.25) is 0 Å². The topological polar surface area (TPSA) is 24.9 Å². The molecule has 0 saturated heterocycles. The van der Waals surface area contributed by atoms with Crippen LogP contribution in [0.4, 0.5) is 0 Å². The van der Waals surface area contributed by atoms with Crippen LogP contribution in [0.25, 0.3) is 0 Å². The number of nitrogens with one attached hydrogen (secondary N) is 1. The molecule has 1 N–H and O–H groups in total. The second kappa shape index (κ2) is 5.77. The summed E-state index contributed by atoms with van der Waals surface area (Å²) >= 11 is 1.74. The number of hydrogen-bond donors (Lipinski definition) is 1. The second-order valence-electron chi connectivity index (χ2n) is 3.73. The average Bonchev–Trinajstić information content (AvgIpc) is 2.85. The van der Waals surface area contributed by atoms with Gasteiger partial charge in [0.05, 0.1) is 6.04 Å². The molecule has 2 aromatic heterocycles. The zero-order chi connectivity index (χ0) is 11.2. The predicted molar refractivity (Wildman–Crippen MR) is 68.7 cm³/mol. The summed E-state index contributed by atoms with van der Waals surface area (Å²) in [6.07, 6.45) is 4.89. The molecule has 0 spiro atoms. The number of pyridine rings is 1. The van der Waals surface area contributed by atoms with Crippen LogP contribution in [0.5, 0.6) is 0 Å². The summed E-state index contributed by atoms with van der Waals surface area (Å²) in [6, 6.07) is 6.56. The van der Waals surface area contributed by atoms with Gasteiger partial charge in [0, 0.05) is 12.4 Å². The SMILES string of the molecule is CCCNC(c1cccnc1)c1ccsc1. The lowest BCUT2D eigenvalue weighted by Gasteiger charge is -2.17. The van der Waals surface area contributed by atoms with Gasteiger partial charge < -0.3 is 5.32 Å². The third-order valence-electron chi connectivity index (χ3n) is 2.49. The molecule has 2 heterocycles. The van der Waals surface area contributed by atoms with Crippen LogP contribution in [0.3, 0.4) is 0 Å². The van der Waals surface area contributed by atoms with Crippen LogP contribution < -0.4 is 5.32 Å². The molecule has 0 amide bonds. The highest BCUT2D eigenvalue weighted by Gasteiger charge is 2.13. The van der Waals surface area contributed by atoms with E-state index in [9.17, 15) is 0 Å². The van der Waals surface area contributed by atoms with Crippen LogP contribution in [-0.2, 0) is 0 Å². The minimum absolute atomic E-state index is 0.278. The summed E-state index contributed by atoms with van der Waals surface area (Å²) in [6.45, 7) is 3.20. The van der Waals surface area contributed by atoms with E-state index in [0.717, 1.165) is 13.0 Å². The summed E-state index contributed by atoms with van der Waals surface area (Å²) < 4.78 is 0. The Kier molecular flexibility index (Phi) is 4.08. The Balaban J connectivity index is 2.21. The molecule has 0 aromatic carbocycles. The van der Waals surface area contributed by atoms with Gasteiger partial charge in [0.1, 0.15) is 0 Å². The fourth-order valence-electron chi connectivity index (χ4n) is 1.70. The number of rotatable bonds is 5. The van der Waals surface area contributed by atoms with E-state index in [1.165, 1.54) is 11.1 Å². The zero-order valence-electron chi connectivity index (χ0n) is 9.39. The van der Waals surface area contributed by atoms with Crippen LogP contribution in [-0.4, -0.2) is 11.5 Å². The molecule has 1 atom stereocenters. The third-order valence-corrected chi connectivity index (χ3v) is 3.19. The van der Waals surface area contributed by atoms with Gasteiger partial charge in [0.25, 0.3) is 0 Å². The van der Waals surface area contributed by atoms with Gasteiger partial charge in [0.15, 0.2) is 0 Å². The molecule has 0 saturated carbocycles. The first-order chi connectivity index (χ1) is 7.92. The summed E-state index contributed by atoms with van der Waals surface area (Å²) in [5.74, 6) is 0. The number of thiophene rings is 1. The third kappa shape index (κ3) is 2.68. The van der Waals surface area contributed by atoms with Crippen molar-refractivity contribution in [2.75, 3.05) is 6.54 Å². The van der Waals surface area contributed by atoms with Crippen LogP contribution in [0, 0.1) is 0 Å². The van der Waals surface area contributed by atoms with E-state index < -0.39 is 0 Å². The fraction of sp³-hybridized carbons (Fsp3) is 0.308. The molecular formula is C13H16N2S. The Morgan fingerprint density at radius 1 is 1.38 bits per heavy atom. The van der Waals surface area contributed by atoms with Gasteiger partial charge in [-0.05, 0) is 47.0 Å². The molecule has 0 radical (unpaired) electrons. The largest absolute Gasteiger partial charge is 0.306 e. The molecule has 2 aromatic rings. The van der Waals surface area contributed by atoms with E-state index in [0.29, 0.717) is 0 Å². The fourth-order valence-corrected chi connectivity index (χ4v) is 2.39. The summed E-state index contributed by atoms with van der Waals surface area (Å²) in [5.41, 5.74) is 2.56. The second-order valence-corrected chi connectivity index (χ2v) is 4.51. The van der Waals surface area contributed by atoms with Crippen molar-refractivity contribution in [3.63, 3.8) is 0 Å². The molecule has 16 heavy (non-hydrogen) atoms. The maximum Gasteiger partial charge on any atom is 0.0600 e. The van der Waals surface area contributed by atoms with Crippen LogP contribution in [0.2, 0.25) is 0 Å². The van der Waals surface area contributed by atoms with E-state index in [4.69, 9.17) is 0 Å². The molecule has 0 aliphatic heterocycles. The summed E-state index contributed by atoms with van der Waals surface area (Å²) in [7, 11) is 0. The van der Waals surface area contributed by atoms with Crippen LogP contribution >= 0.6 is 11.3 Å². The standard InChI is InChI=1S/C13H16N2S/c1-2-6-15-13(12-5-8-16-10-12)11-4-3-7-14-9-11/h3-5,7-10,13,15H,2,6H2,1H3. The minimum atomic E-state index is 0.278. The molecule has 3 heteroatoms. The van der Waals surface area contributed by atoms with E-state index in [1.54, 1.807) is 11.3 Å². The van der Waals surface area contributed by atoms with E-state index >= 15 is 0 Å². The molecule has 84 valence electrons. The molecule has 1 unspecified atom stereocenters. The van der Waals surface area contributed by atoms with E-state index in [2.05, 4.69) is 40.1 Å². The van der Waals surface area contributed by atoms with Crippen molar-refractivity contribution in [3.05, 3.63) is 52.5 Å². The van der Waals surface area contributed by atoms with E-state index in [1.807, 2.05) is 18.5 Å². The van der Waals surface area contributed by atoms with Crippen molar-refractivity contribution in [2.45, 2.75) is 19.4 Å². The Morgan fingerprint density at radius 2 is 2.31 bits per heavy atom. The number of aromatic nitrogens is 1. The van der Waals surface area contributed by atoms with Crippen LogP contribution in [0.15, 0.2) is 41.4 Å². The highest BCUT2D eigenvalue weighted by molar-refractivity contribution is 7.08. The maximum absolute atomic E-state index is 4.19. The van der Waals surface area contributed by atoms with Gasteiger partial charge in [-0.15, -0.1) is 0 Å². The van der Waals surface area contributed by atoms with Crippen LogP contribution in [0.1, 0.15) is 30.5 Å². The van der Waals surface area contributed by atoms with Gasteiger partial charge in [-0.1, -0.05) is 13.0 Å². The van der Waals surface area contributed by atoms with Gasteiger partial charge in [-0.3, -0.25) is 4.98 Å². The molecule has 0 aliphatic rings.